The smallest absolute Gasteiger partial charge is 0.176 e. The minimum absolute atomic E-state index is 0.0260. The third kappa shape index (κ3) is 7.07. The average molecular weight is 658 g/mol. The van der Waals surface area contributed by atoms with E-state index in [-0.39, 0.29) is 24.8 Å². The molecule has 5 aromatic rings. The van der Waals surface area contributed by atoms with Crippen molar-refractivity contribution >= 4 is 59.5 Å². The summed E-state index contributed by atoms with van der Waals surface area (Å²) in [5, 5.41) is 6.76. The second-order valence-electron chi connectivity index (χ2n) is 9.10. The maximum Gasteiger partial charge on any atom is 0.176 e. The molecule has 1 atom stereocenters. The molecule has 0 fully saturated rings. The normalized spacial score (nSPS) is 12.4. The van der Waals surface area contributed by atoms with E-state index in [0.29, 0.717) is 16.6 Å². The molecule has 3 aromatic carbocycles. The van der Waals surface area contributed by atoms with E-state index in [1.54, 1.807) is 13.0 Å². The van der Waals surface area contributed by atoms with Crippen molar-refractivity contribution < 1.29 is 22.3 Å². The van der Waals surface area contributed by atoms with Gasteiger partial charge in [-0.05, 0) is 70.9 Å². The van der Waals surface area contributed by atoms with E-state index in [4.69, 9.17) is 9.47 Å². The van der Waals surface area contributed by atoms with Crippen LogP contribution in [0.5, 0.6) is 5.75 Å². The van der Waals surface area contributed by atoms with Crippen LogP contribution in [0.2, 0.25) is 0 Å². The molecule has 0 saturated carbocycles. The zero-order valence-corrected chi connectivity index (χ0v) is 25.4. The molecular formula is C29H26BrFN4O4S2. The number of anilines is 2. The Balaban J connectivity index is 1.31. The predicted molar refractivity (Wildman–Crippen MR) is 163 cm³/mol. The maximum absolute atomic E-state index is 13.5. The fraction of sp³-hybridized carbons (Fsp3) is 0.207. The van der Waals surface area contributed by atoms with Crippen molar-refractivity contribution in [1.29, 1.82) is 0 Å². The molecule has 2 aromatic heterocycles. The van der Waals surface area contributed by atoms with Crippen LogP contribution >= 0.6 is 27.3 Å². The van der Waals surface area contributed by atoms with E-state index >= 15 is 0 Å². The van der Waals surface area contributed by atoms with Crippen LogP contribution < -0.4 is 10.1 Å². The van der Waals surface area contributed by atoms with Crippen molar-refractivity contribution in [3.63, 3.8) is 0 Å². The molecule has 0 amide bonds. The van der Waals surface area contributed by atoms with Crippen molar-refractivity contribution in [1.82, 2.24) is 15.0 Å². The lowest BCUT2D eigenvalue weighted by atomic mass is 10.1. The molecule has 0 spiro atoms. The third-order valence-corrected chi connectivity index (χ3v) is 9.70. The van der Waals surface area contributed by atoms with E-state index in [2.05, 4.69) is 36.2 Å². The molecule has 5 rings (SSSR count). The van der Waals surface area contributed by atoms with Gasteiger partial charge in [-0.2, -0.15) is 0 Å². The fourth-order valence-electron chi connectivity index (χ4n) is 3.97. The molecule has 8 nitrogen and oxygen atoms in total. The number of benzene rings is 3. The van der Waals surface area contributed by atoms with Crippen LogP contribution in [0.25, 0.3) is 22.2 Å². The Bertz CT molecular complexity index is 1800. The first-order valence-electron chi connectivity index (χ1n) is 12.7. The standard InChI is InChI=1S/C29H26BrFN4O4S2/c1-3-41(36,37)18(2)38-15-28-35-26(16-40-28)20-7-9-25-23(12-20)29(33-17-32-25)34-22-8-10-27(24(30)13-22)39-14-19-5-4-6-21(31)11-19/h4-13,16-18H,3,14-15H2,1-2H3,(H,32,33,34). The third-order valence-electron chi connectivity index (χ3n) is 6.31. The minimum Gasteiger partial charge on any atom is -0.488 e. The summed E-state index contributed by atoms with van der Waals surface area (Å²) < 4.78 is 49.6. The highest BCUT2D eigenvalue weighted by molar-refractivity contribution is 9.10. The number of sulfone groups is 1. The fourth-order valence-corrected chi connectivity index (χ4v) is 5.93. The van der Waals surface area contributed by atoms with Gasteiger partial charge in [0.05, 0.1) is 15.7 Å². The summed E-state index contributed by atoms with van der Waals surface area (Å²) in [6, 6.07) is 17.7. The molecule has 1 N–H and O–H groups in total. The van der Waals surface area contributed by atoms with E-state index in [1.807, 2.05) is 47.8 Å². The highest BCUT2D eigenvalue weighted by Gasteiger charge is 2.19. The van der Waals surface area contributed by atoms with Crippen molar-refractivity contribution in [3.8, 4) is 17.0 Å². The van der Waals surface area contributed by atoms with E-state index in [9.17, 15) is 12.8 Å². The number of nitrogens with zero attached hydrogens (tertiary/aromatic N) is 3. The van der Waals surface area contributed by atoms with Crippen molar-refractivity contribution in [2.45, 2.75) is 32.5 Å². The van der Waals surface area contributed by atoms with Crippen LogP contribution in [-0.4, -0.2) is 34.6 Å². The number of fused-ring (bicyclic) bond motifs is 1. The van der Waals surface area contributed by atoms with E-state index in [0.717, 1.165) is 37.9 Å². The predicted octanol–water partition coefficient (Wildman–Crippen LogP) is 7.27. The molecule has 0 aliphatic rings. The monoisotopic (exact) mass is 656 g/mol. The van der Waals surface area contributed by atoms with Crippen LogP contribution in [0.3, 0.4) is 0 Å². The van der Waals surface area contributed by atoms with Gasteiger partial charge < -0.3 is 14.8 Å². The topological polar surface area (TPSA) is 103 Å². The van der Waals surface area contributed by atoms with Crippen molar-refractivity contribution in [2.75, 3.05) is 11.1 Å². The molecule has 2 heterocycles. The summed E-state index contributed by atoms with van der Waals surface area (Å²) in [4.78, 5) is 13.5. The van der Waals surface area contributed by atoms with Crippen LogP contribution in [0.15, 0.2) is 76.8 Å². The van der Waals surface area contributed by atoms with E-state index in [1.165, 1.54) is 36.7 Å². The highest BCUT2D eigenvalue weighted by atomic mass is 79.9. The minimum atomic E-state index is -3.28. The SMILES string of the molecule is CCS(=O)(=O)C(C)OCc1nc(-c2ccc3ncnc(Nc4ccc(OCc5cccc(F)c5)c(Br)c4)c3c2)cs1. The molecule has 0 bridgehead atoms. The molecule has 212 valence electrons. The number of thiazole rings is 1. The number of hydrogen-bond acceptors (Lipinski definition) is 9. The number of ether oxygens (including phenoxy) is 2. The molecule has 0 radical (unpaired) electrons. The van der Waals surface area contributed by atoms with Gasteiger partial charge >= 0.3 is 0 Å². The lowest BCUT2D eigenvalue weighted by Gasteiger charge is -2.12. The largest absolute Gasteiger partial charge is 0.488 e. The van der Waals surface area contributed by atoms with Crippen molar-refractivity contribution in [3.05, 3.63) is 93.2 Å². The Kier molecular flexibility index (Phi) is 8.93. The Morgan fingerprint density at radius 2 is 1.93 bits per heavy atom. The molecule has 12 heteroatoms. The summed E-state index contributed by atoms with van der Waals surface area (Å²) in [5.74, 6) is 0.969. The number of aromatic nitrogens is 3. The van der Waals surface area contributed by atoms with Crippen LogP contribution in [-0.2, 0) is 27.8 Å². The van der Waals surface area contributed by atoms with Crippen LogP contribution in [0, 0.1) is 5.82 Å². The summed E-state index contributed by atoms with van der Waals surface area (Å²) in [6.45, 7) is 3.50. The molecule has 1 unspecified atom stereocenters. The van der Waals surface area contributed by atoms with Gasteiger partial charge in [0.25, 0.3) is 0 Å². The Hall–Kier alpha value is -3.45. The Morgan fingerprint density at radius 3 is 2.71 bits per heavy atom. The van der Waals surface area contributed by atoms with Gasteiger partial charge in [0.15, 0.2) is 15.3 Å². The quantitative estimate of drug-likeness (QED) is 0.158. The molecular weight excluding hydrogens is 631 g/mol. The maximum atomic E-state index is 13.5. The van der Waals surface area contributed by atoms with Gasteiger partial charge in [-0.1, -0.05) is 25.1 Å². The van der Waals surface area contributed by atoms with Crippen LogP contribution in [0.1, 0.15) is 24.4 Å². The highest BCUT2D eigenvalue weighted by Crippen LogP contribution is 2.33. The number of halogens is 2. The number of hydrogen-bond donors (Lipinski definition) is 1. The zero-order valence-electron chi connectivity index (χ0n) is 22.2. The molecule has 0 saturated heterocycles. The van der Waals surface area contributed by atoms with Gasteiger partial charge in [0, 0.05) is 27.8 Å². The zero-order chi connectivity index (χ0) is 29.0. The summed E-state index contributed by atoms with van der Waals surface area (Å²) >= 11 is 4.97. The van der Waals surface area contributed by atoms with Crippen LogP contribution in [0.4, 0.5) is 15.9 Å². The lowest BCUT2D eigenvalue weighted by Crippen LogP contribution is -2.22. The second-order valence-corrected chi connectivity index (χ2v) is 13.5. The van der Waals surface area contributed by atoms with Gasteiger partial charge in [-0.3, -0.25) is 0 Å². The molecule has 41 heavy (non-hydrogen) atoms. The first kappa shape index (κ1) is 29.1. The molecule has 0 aliphatic carbocycles. The summed E-state index contributed by atoms with van der Waals surface area (Å²) in [7, 11) is -3.28. The Labute approximate surface area is 249 Å². The van der Waals surface area contributed by atoms with Gasteiger partial charge in [-0.25, -0.2) is 27.8 Å². The van der Waals surface area contributed by atoms with Gasteiger partial charge in [0.1, 0.15) is 41.9 Å². The van der Waals surface area contributed by atoms with Crippen molar-refractivity contribution in [2.24, 2.45) is 0 Å². The summed E-state index contributed by atoms with van der Waals surface area (Å²) in [6.07, 6.45) is 1.50. The Morgan fingerprint density at radius 1 is 1.07 bits per heavy atom. The first-order chi connectivity index (χ1) is 19.7. The van der Waals surface area contributed by atoms with E-state index < -0.39 is 15.3 Å². The second kappa shape index (κ2) is 12.6. The summed E-state index contributed by atoms with van der Waals surface area (Å²) in [5.41, 5.74) is 3.01. The number of rotatable bonds is 11. The first-order valence-corrected chi connectivity index (χ1v) is 16.1. The number of nitrogens with one attached hydrogen (secondary N) is 1. The lowest BCUT2D eigenvalue weighted by molar-refractivity contribution is 0.103. The van der Waals surface area contributed by atoms with Gasteiger partial charge in [-0.15, -0.1) is 11.3 Å². The van der Waals surface area contributed by atoms with Gasteiger partial charge in [0.2, 0.25) is 0 Å². The molecule has 0 aliphatic heterocycles. The average Bonchev–Trinajstić information content (AvgIpc) is 3.44.